The monoisotopic (exact) mass is 613 g/mol. The van der Waals surface area contributed by atoms with Crippen molar-refractivity contribution in [3.8, 4) is 11.5 Å². The highest BCUT2D eigenvalue weighted by atomic mass is 79.9. The van der Waals surface area contributed by atoms with E-state index in [0.29, 0.717) is 43.8 Å². The van der Waals surface area contributed by atoms with E-state index in [1.807, 2.05) is 36.4 Å². The maximum Gasteiger partial charge on any atom is 0.282 e. The number of methoxy groups -OCH3 is 1. The highest BCUT2D eigenvalue weighted by molar-refractivity contribution is 9.10. The van der Waals surface area contributed by atoms with Crippen LogP contribution in [-0.4, -0.2) is 23.0 Å². The Morgan fingerprint density at radius 2 is 1.89 bits per heavy atom. The lowest BCUT2D eigenvalue weighted by Crippen LogP contribution is -2.25. The Balaban J connectivity index is 1.55. The molecule has 1 aliphatic rings. The van der Waals surface area contributed by atoms with Gasteiger partial charge in [-0.15, -0.1) is 0 Å². The van der Waals surface area contributed by atoms with E-state index in [1.54, 1.807) is 31.5 Å². The number of ether oxygens (including phenoxy) is 2. The summed E-state index contributed by atoms with van der Waals surface area (Å²) in [6.07, 6.45) is 7.04. The van der Waals surface area contributed by atoms with Gasteiger partial charge in [-0.25, -0.2) is 4.98 Å². The van der Waals surface area contributed by atoms with Gasteiger partial charge >= 0.3 is 0 Å². The van der Waals surface area contributed by atoms with Gasteiger partial charge < -0.3 is 9.47 Å². The number of benzene rings is 3. The molecule has 1 aliphatic carbocycles. The van der Waals surface area contributed by atoms with Crippen LogP contribution in [0.1, 0.15) is 55.0 Å². The molecular weight excluding hydrogens is 589 g/mol. The lowest BCUT2D eigenvalue weighted by atomic mass is 9.88. The molecular formula is C29H26BrCl2N3O3. The number of hydrogen-bond donors (Lipinski definition) is 0. The fourth-order valence-corrected chi connectivity index (χ4v) is 5.44. The minimum Gasteiger partial charge on any atom is -0.493 e. The van der Waals surface area contributed by atoms with Crippen molar-refractivity contribution in [3.05, 3.63) is 96.4 Å². The quantitative estimate of drug-likeness (QED) is 0.198. The van der Waals surface area contributed by atoms with E-state index in [0.717, 1.165) is 35.7 Å². The summed E-state index contributed by atoms with van der Waals surface area (Å²) in [5.41, 5.74) is 2.00. The van der Waals surface area contributed by atoms with Crippen LogP contribution in [0, 0.1) is 0 Å². The molecule has 1 aromatic heterocycles. The van der Waals surface area contributed by atoms with Crippen LogP contribution >= 0.6 is 39.1 Å². The normalized spacial score (nSPS) is 14.3. The molecule has 0 aliphatic heterocycles. The van der Waals surface area contributed by atoms with Crippen LogP contribution in [0.25, 0.3) is 10.9 Å². The predicted molar refractivity (Wildman–Crippen MR) is 156 cm³/mol. The molecule has 0 spiro atoms. The first kappa shape index (κ1) is 26.7. The van der Waals surface area contributed by atoms with E-state index >= 15 is 0 Å². The number of hydrogen-bond acceptors (Lipinski definition) is 5. The minimum atomic E-state index is -0.200. The second kappa shape index (κ2) is 11.9. The zero-order chi connectivity index (χ0) is 26.6. The molecule has 0 atom stereocenters. The molecule has 6 nitrogen and oxygen atoms in total. The summed E-state index contributed by atoms with van der Waals surface area (Å²) >= 11 is 15.7. The Morgan fingerprint density at radius 1 is 1.08 bits per heavy atom. The molecule has 1 saturated carbocycles. The third kappa shape index (κ3) is 5.75. The third-order valence-corrected chi connectivity index (χ3v) is 7.94. The molecule has 0 amide bonds. The Labute approximate surface area is 239 Å². The second-order valence-electron chi connectivity index (χ2n) is 9.24. The molecule has 1 fully saturated rings. The largest absolute Gasteiger partial charge is 0.493 e. The fraction of sp³-hybridized carbons (Fsp3) is 0.276. The summed E-state index contributed by atoms with van der Waals surface area (Å²) in [5.74, 6) is 1.93. The average molecular weight is 615 g/mol. The number of fused-ring (bicyclic) bond motifs is 1. The predicted octanol–water partition coefficient (Wildman–Crippen LogP) is 7.98. The summed E-state index contributed by atoms with van der Waals surface area (Å²) in [4.78, 5) is 18.6. The van der Waals surface area contributed by atoms with Gasteiger partial charge in [-0.2, -0.15) is 9.78 Å². The summed E-state index contributed by atoms with van der Waals surface area (Å²) in [7, 11) is 1.58. The molecule has 196 valence electrons. The van der Waals surface area contributed by atoms with Crippen molar-refractivity contribution in [2.45, 2.75) is 44.6 Å². The topological polar surface area (TPSA) is 65.7 Å². The van der Waals surface area contributed by atoms with Crippen LogP contribution in [0.3, 0.4) is 0 Å². The van der Waals surface area contributed by atoms with E-state index in [9.17, 15) is 4.79 Å². The number of rotatable bonds is 7. The molecule has 0 bridgehead atoms. The summed E-state index contributed by atoms with van der Waals surface area (Å²) < 4.78 is 14.0. The van der Waals surface area contributed by atoms with E-state index in [2.05, 4.69) is 21.0 Å². The molecule has 0 radical (unpaired) electrons. The SMILES string of the molecule is COc1cccc(C=Nn2c(C3CCCCC3)nc3ccc(Br)cc3c2=O)c1OCc1ccc(Cl)c(Cl)c1. The number of aromatic nitrogens is 2. The van der Waals surface area contributed by atoms with Crippen LogP contribution in [0.5, 0.6) is 11.5 Å². The van der Waals surface area contributed by atoms with Crippen LogP contribution < -0.4 is 15.0 Å². The molecule has 1 heterocycles. The van der Waals surface area contributed by atoms with E-state index in [-0.39, 0.29) is 18.1 Å². The van der Waals surface area contributed by atoms with Crippen LogP contribution in [0.2, 0.25) is 10.0 Å². The molecule has 0 saturated heterocycles. The van der Waals surface area contributed by atoms with Crippen molar-refractivity contribution in [2.24, 2.45) is 5.10 Å². The van der Waals surface area contributed by atoms with Gasteiger partial charge in [-0.3, -0.25) is 4.79 Å². The highest BCUT2D eigenvalue weighted by Crippen LogP contribution is 2.33. The van der Waals surface area contributed by atoms with Gasteiger partial charge in [0.25, 0.3) is 5.56 Å². The van der Waals surface area contributed by atoms with Crippen LogP contribution in [0.4, 0.5) is 0 Å². The summed E-state index contributed by atoms with van der Waals surface area (Å²) in [6.45, 7) is 0.247. The minimum absolute atomic E-state index is 0.178. The number of nitrogens with zero attached hydrogens (tertiary/aromatic N) is 3. The zero-order valence-electron chi connectivity index (χ0n) is 20.8. The maximum atomic E-state index is 13.7. The standard InChI is InChI=1S/C29H26BrCl2N3O3/c1-37-26-9-5-8-20(27(26)38-17-18-10-12-23(31)24(32)14-18)16-33-35-28(19-6-3-2-4-7-19)34-25-13-11-21(30)15-22(25)29(35)36/h5,8-16,19H,2-4,6-7,17H2,1H3. The first-order valence-electron chi connectivity index (χ1n) is 12.4. The summed E-state index contributed by atoms with van der Waals surface area (Å²) in [5, 5.41) is 6.13. The number of halogens is 3. The number of para-hydroxylation sites is 1. The lowest BCUT2D eigenvalue weighted by Gasteiger charge is -2.22. The van der Waals surface area contributed by atoms with Gasteiger partial charge in [0.1, 0.15) is 12.4 Å². The first-order valence-corrected chi connectivity index (χ1v) is 14.0. The van der Waals surface area contributed by atoms with Gasteiger partial charge in [0.2, 0.25) is 0 Å². The van der Waals surface area contributed by atoms with E-state index in [1.165, 1.54) is 11.1 Å². The van der Waals surface area contributed by atoms with Gasteiger partial charge in [0.15, 0.2) is 11.5 Å². The van der Waals surface area contributed by atoms with Crippen molar-refractivity contribution < 1.29 is 9.47 Å². The molecule has 38 heavy (non-hydrogen) atoms. The molecule has 4 aromatic rings. The lowest BCUT2D eigenvalue weighted by molar-refractivity contribution is 0.284. The Morgan fingerprint density at radius 3 is 2.66 bits per heavy atom. The van der Waals surface area contributed by atoms with E-state index < -0.39 is 0 Å². The first-order chi connectivity index (χ1) is 18.4. The molecule has 5 rings (SSSR count). The Kier molecular flexibility index (Phi) is 8.36. The van der Waals surface area contributed by atoms with Crippen molar-refractivity contribution in [1.29, 1.82) is 0 Å². The molecule has 0 N–H and O–H groups in total. The van der Waals surface area contributed by atoms with Crippen molar-refractivity contribution in [3.63, 3.8) is 0 Å². The third-order valence-electron chi connectivity index (χ3n) is 6.71. The Hall–Kier alpha value is -2.87. The Bertz CT molecular complexity index is 1570. The molecule has 0 unspecified atom stereocenters. The van der Waals surface area contributed by atoms with Gasteiger partial charge in [0, 0.05) is 16.0 Å². The van der Waals surface area contributed by atoms with Crippen LogP contribution in [0.15, 0.2) is 69.0 Å². The van der Waals surface area contributed by atoms with Gasteiger partial charge in [0.05, 0.1) is 34.3 Å². The van der Waals surface area contributed by atoms with Crippen molar-refractivity contribution >= 4 is 56.2 Å². The zero-order valence-corrected chi connectivity index (χ0v) is 23.9. The van der Waals surface area contributed by atoms with Crippen LogP contribution in [-0.2, 0) is 6.61 Å². The maximum absolute atomic E-state index is 13.7. The van der Waals surface area contributed by atoms with Crippen molar-refractivity contribution in [2.75, 3.05) is 7.11 Å². The molecule has 3 aromatic carbocycles. The van der Waals surface area contributed by atoms with E-state index in [4.69, 9.17) is 37.7 Å². The smallest absolute Gasteiger partial charge is 0.282 e. The fourth-order valence-electron chi connectivity index (χ4n) is 4.76. The molecule has 9 heteroatoms. The average Bonchev–Trinajstić information content (AvgIpc) is 2.94. The highest BCUT2D eigenvalue weighted by Gasteiger charge is 2.22. The van der Waals surface area contributed by atoms with Crippen molar-refractivity contribution in [1.82, 2.24) is 9.66 Å². The summed E-state index contributed by atoms with van der Waals surface area (Å²) in [6, 6.07) is 16.5. The van der Waals surface area contributed by atoms with Gasteiger partial charge in [-0.05, 0) is 60.9 Å². The second-order valence-corrected chi connectivity index (χ2v) is 11.0. The van der Waals surface area contributed by atoms with Gasteiger partial charge in [-0.1, -0.05) is 70.5 Å².